The molecule has 0 radical (unpaired) electrons. The number of ether oxygens (including phenoxy) is 1. The molecule has 1 atom stereocenters. The highest BCUT2D eigenvalue weighted by atomic mass is 35.5. The summed E-state index contributed by atoms with van der Waals surface area (Å²) in [4.78, 5) is 30.9. The van der Waals surface area contributed by atoms with Gasteiger partial charge in [-0.1, -0.05) is 11.6 Å². The number of pyridine rings is 1. The van der Waals surface area contributed by atoms with E-state index in [-0.39, 0.29) is 16.2 Å². The van der Waals surface area contributed by atoms with Gasteiger partial charge in [-0.15, -0.1) is 0 Å². The van der Waals surface area contributed by atoms with Gasteiger partial charge in [-0.05, 0) is 55.0 Å². The van der Waals surface area contributed by atoms with Crippen LogP contribution in [0.4, 0.5) is 14.5 Å². The Hall–Kier alpha value is -3.78. The van der Waals surface area contributed by atoms with E-state index in [4.69, 9.17) is 16.3 Å². The van der Waals surface area contributed by atoms with Crippen molar-refractivity contribution >= 4 is 34.7 Å². The Morgan fingerprint density at radius 2 is 1.85 bits per heavy atom. The first-order valence-electron chi connectivity index (χ1n) is 9.92. The van der Waals surface area contributed by atoms with Crippen LogP contribution < -0.4 is 9.64 Å². The Labute approximate surface area is 192 Å². The standard InChI is InChI=1S/C24H17ClF2N2O4/c1-2-33-15-4-5-17(25)16(12-15)22(30)20-21(13-7-9-28-10-8-13)29(24(32)23(20)31)19-11-14(26)3-6-18(19)27/h3-12,21,30H,2H2,1H3/b22-20+. The van der Waals surface area contributed by atoms with Crippen molar-refractivity contribution in [3.63, 3.8) is 0 Å². The molecule has 1 aliphatic rings. The summed E-state index contributed by atoms with van der Waals surface area (Å²) in [6.45, 7) is 2.12. The van der Waals surface area contributed by atoms with E-state index >= 15 is 0 Å². The van der Waals surface area contributed by atoms with E-state index in [0.717, 1.165) is 23.1 Å². The van der Waals surface area contributed by atoms with Crippen molar-refractivity contribution in [1.29, 1.82) is 0 Å². The number of ketones is 1. The average Bonchev–Trinajstić information content (AvgIpc) is 3.07. The predicted molar refractivity (Wildman–Crippen MR) is 118 cm³/mol. The van der Waals surface area contributed by atoms with Crippen LogP contribution in [0.2, 0.25) is 5.02 Å². The van der Waals surface area contributed by atoms with Gasteiger partial charge < -0.3 is 9.84 Å². The molecule has 3 aromatic rings. The molecule has 1 amide bonds. The second-order valence-electron chi connectivity index (χ2n) is 7.12. The topological polar surface area (TPSA) is 79.7 Å². The number of carbonyl (C=O) groups is 2. The zero-order valence-electron chi connectivity index (χ0n) is 17.3. The maximum atomic E-state index is 14.7. The number of anilines is 1. The van der Waals surface area contributed by atoms with Crippen molar-refractivity contribution in [3.05, 3.63) is 94.3 Å². The van der Waals surface area contributed by atoms with Crippen LogP contribution in [-0.2, 0) is 9.59 Å². The lowest BCUT2D eigenvalue weighted by Gasteiger charge is -2.25. The fourth-order valence-corrected chi connectivity index (χ4v) is 3.91. The van der Waals surface area contributed by atoms with Crippen molar-refractivity contribution in [1.82, 2.24) is 4.98 Å². The molecule has 1 fully saturated rings. The first-order chi connectivity index (χ1) is 15.8. The smallest absolute Gasteiger partial charge is 0.300 e. The molecule has 4 rings (SSSR count). The van der Waals surface area contributed by atoms with Gasteiger partial charge in [0.1, 0.15) is 23.1 Å². The number of nitrogens with zero attached hydrogens (tertiary/aromatic N) is 2. The maximum Gasteiger partial charge on any atom is 0.300 e. The van der Waals surface area contributed by atoms with Crippen LogP contribution in [0.25, 0.3) is 5.76 Å². The Morgan fingerprint density at radius 3 is 2.55 bits per heavy atom. The highest BCUT2D eigenvalue weighted by Gasteiger charge is 2.48. The minimum Gasteiger partial charge on any atom is -0.507 e. The summed E-state index contributed by atoms with van der Waals surface area (Å²) in [6.07, 6.45) is 2.83. The van der Waals surface area contributed by atoms with Crippen LogP contribution in [0.3, 0.4) is 0 Å². The highest BCUT2D eigenvalue weighted by Crippen LogP contribution is 2.44. The van der Waals surface area contributed by atoms with E-state index in [2.05, 4.69) is 4.98 Å². The van der Waals surface area contributed by atoms with Crippen molar-refractivity contribution < 1.29 is 28.2 Å². The summed E-state index contributed by atoms with van der Waals surface area (Å²) in [5.74, 6) is -4.09. The number of aliphatic hydroxyl groups excluding tert-OH is 1. The third-order valence-electron chi connectivity index (χ3n) is 5.14. The molecule has 1 unspecified atom stereocenters. The lowest BCUT2D eigenvalue weighted by atomic mass is 9.95. The number of aromatic nitrogens is 1. The molecule has 6 nitrogen and oxygen atoms in total. The zero-order chi connectivity index (χ0) is 23.7. The molecule has 33 heavy (non-hydrogen) atoms. The Kier molecular flexibility index (Phi) is 6.11. The monoisotopic (exact) mass is 470 g/mol. The number of aliphatic hydroxyl groups is 1. The second kappa shape index (κ2) is 8.99. The molecule has 1 saturated heterocycles. The number of amides is 1. The number of rotatable bonds is 5. The number of hydrogen-bond donors (Lipinski definition) is 1. The molecular weight excluding hydrogens is 454 g/mol. The van der Waals surface area contributed by atoms with Crippen molar-refractivity contribution in [2.75, 3.05) is 11.5 Å². The minimum atomic E-state index is -1.25. The van der Waals surface area contributed by atoms with Crippen LogP contribution in [0.15, 0.2) is 66.5 Å². The summed E-state index contributed by atoms with van der Waals surface area (Å²) in [5, 5.41) is 11.3. The first-order valence-corrected chi connectivity index (χ1v) is 10.3. The van der Waals surface area contributed by atoms with E-state index in [9.17, 15) is 23.5 Å². The van der Waals surface area contributed by atoms with Gasteiger partial charge in [-0.3, -0.25) is 19.5 Å². The normalized spacial score (nSPS) is 17.5. The quantitative estimate of drug-likeness (QED) is 0.321. The summed E-state index contributed by atoms with van der Waals surface area (Å²) in [7, 11) is 0. The largest absolute Gasteiger partial charge is 0.507 e. The Morgan fingerprint density at radius 1 is 1.12 bits per heavy atom. The summed E-state index contributed by atoms with van der Waals surface area (Å²) < 4.78 is 34.1. The van der Waals surface area contributed by atoms with E-state index in [1.165, 1.54) is 36.7 Å². The Bertz CT molecular complexity index is 1280. The molecule has 9 heteroatoms. The predicted octanol–water partition coefficient (Wildman–Crippen LogP) is 5.04. The molecule has 0 saturated carbocycles. The fourth-order valence-electron chi connectivity index (χ4n) is 3.70. The fraction of sp³-hybridized carbons (Fsp3) is 0.125. The summed E-state index contributed by atoms with van der Waals surface area (Å²) in [6, 6.07) is 8.83. The molecule has 0 spiro atoms. The van der Waals surface area contributed by atoms with E-state index < -0.39 is 40.8 Å². The van der Waals surface area contributed by atoms with Gasteiger partial charge in [0.25, 0.3) is 11.7 Å². The van der Waals surface area contributed by atoms with Gasteiger partial charge in [0, 0.05) is 24.0 Å². The summed E-state index contributed by atoms with van der Waals surface area (Å²) >= 11 is 6.27. The molecule has 168 valence electrons. The SMILES string of the molecule is CCOc1ccc(Cl)c(/C(O)=C2\C(=O)C(=O)N(c3cc(F)ccc3F)C2c2ccncc2)c1. The number of carbonyl (C=O) groups excluding carboxylic acids is 2. The zero-order valence-corrected chi connectivity index (χ0v) is 18.0. The highest BCUT2D eigenvalue weighted by molar-refractivity contribution is 6.52. The number of benzene rings is 2. The van der Waals surface area contributed by atoms with E-state index in [1.54, 1.807) is 13.0 Å². The lowest BCUT2D eigenvalue weighted by molar-refractivity contribution is -0.132. The molecule has 1 aromatic heterocycles. The van der Waals surface area contributed by atoms with Crippen molar-refractivity contribution in [3.8, 4) is 5.75 Å². The molecule has 1 aliphatic heterocycles. The van der Waals surface area contributed by atoms with Gasteiger partial charge in [-0.25, -0.2) is 8.78 Å². The molecule has 0 bridgehead atoms. The molecule has 2 heterocycles. The third kappa shape index (κ3) is 4.05. The van der Waals surface area contributed by atoms with Gasteiger partial charge in [0.2, 0.25) is 0 Å². The van der Waals surface area contributed by atoms with Gasteiger partial charge in [-0.2, -0.15) is 0 Å². The average molecular weight is 471 g/mol. The van der Waals surface area contributed by atoms with Crippen LogP contribution in [-0.4, -0.2) is 28.4 Å². The van der Waals surface area contributed by atoms with Gasteiger partial charge in [0.15, 0.2) is 0 Å². The third-order valence-corrected chi connectivity index (χ3v) is 5.47. The number of Topliss-reactive ketones (excluding diaryl/α,β-unsaturated/α-hetero) is 1. The Balaban J connectivity index is 1.98. The van der Waals surface area contributed by atoms with Crippen LogP contribution in [0, 0.1) is 11.6 Å². The maximum absolute atomic E-state index is 14.7. The minimum absolute atomic E-state index is 0.0550. The van der Waals surface area contributed by atoms with Gasteiger partial charge >= 0.3 is 0 Å². The van der Waals surface area contributed by atoms with Crippen LogP contribution in [0.5, 0.6) is 5.75 Å². The van der Waals surface area contributed by atoms with Crippen molar-refractivity contribution in [2.45, 2.75) is 13.0 Å². The lowest BCUT2D eigenvalue weighted by Crippen LogP contribution is -2.30. The summed E-state index contributed by atoms with van der Waals surface area (Å²) in [5.41, 5.74) is -0.358. The second-order valence-corrected chi connectivity index (χ2v) is 7.53. The van der Waals surface area contributed by atoms with Crippen LogP contribution >= 0.6 is 11.6 Å². The molecular formula is C24H17ClF2N2O4. The van der Waals surface area contributed by atoms with Gasteiger partial charge in [0.05, 0.1) is 28.9 Å². The number of halogens is 3. The number of hydrogen-bond acceptors (Lipinski definition) is 5. The molecule has 1 N–H and O–H groups in total. The van der Waals surface area contributed by atoms with E-state index in [1.807, 2.05) is 0 Å². The molecule has 0 aliphatic carbocycles. The first kappa shape index (κ1) is 22.4. The van der Waals surface area contributed by atoms with Crippen LogP contribution in [0.1, 0.15) is 24.1 Å². The van der Waals surface area contributed by atoms with E-state index in [0.29, 0.717) is 17.9 Å². The molecule has 2 aromatic carbocycles. The van der Waals surface area contributed by atoms with Crippen molar-refractivity contribution in [2.24, 2.45) is 0 Å².